The molecule has 0 bridgehead atoms. The molecule has 134 valence electrons. The van der Waals surface area contributed by atoms with Crippen LogP contribution in [0.15, 0.2) is 52.7 Å². The van der Waals surface area contributed by atoms with Crippen LogP contribution in [0, 0.1) is 0 Å². The number of carbonyl (C=O) groups is 2. The summed E-state index contributed by atoms with van der Waals surface area (Å²) in [4.78, 5) is 24.0. The third kappa shape index (κ3) is 4.14. The molecule has 0 fully saturated rings. The molecule has 0 spiro atoms. The molecule has 1 heterocycles. The minimum Gasteiger partial charge on any atom is -0.482 e. The van der Waals surface area contributed by atoms with Gasteiger partial charge in [-0.2, -0.15) is 0 Å². The van der Waals surface area contributed by atoms with Crippen molar-refractivity contribution in [1.82, 2.24) is 0 Å². The van der Waals surface area contributed by atoms with E-state index in [4.69, 9.17) is 14.2 Å². The maximum atomic E-state index is 12.5. The number of allylic oxidation sites excluding steroid dienone is 1. The van der Waals surface area contributed by atoms with E-state index in [0.717, 1.165) is 10.0 Å². The van der Waals surface area contributed by atoms with Crippen LogP contribution in [0.4, 0.5) is 0 Å². The van der Waals surface area contributed by atoms with E-state index >= 15 is 0 Å². The van der Waals surface area contributed by atoms with Crippen molar-refractivity contribution in [1.29, 1.82) is 0 Å². The number of hydrogen-bond acceptors (Lipinski definition) is 5. The predicted octanol–water partition coefficient (Wildman–Crippen LogP) is 4.40. The van der Waals surface area contributed by atoms with Gasteiger partial charge in [0.2, 0.25) is 5.78 Å². The quantitative estimate of drug-likeness (QED) is 0.533. The van der Waals surface area contributed by atoms with Gasteiger partial charge in [0.1, 0.15) is 11.5 Å². The molecule has 2 aromatic carbocycles. The molecule has 3 rings (SSSR count). The van der Waals surface area contributed by atoms with Crippen molar-refractivity contribution < 1.29 is 23.8 Å². The summed E-state index contributed by atoms with van der Waals surface area (Å²) in [7, 11) is 0. The Morgan fingerprint density at radius 2 is 2.00 bits per heavy atom. The lowest BCUT2D eigenvalue weighted by Gasteiger charge is -2.09. The Balaban J connectivity index is 1.74. The summed E-state index contributed by atoms with van der Waals surface area (Å²) in [6, 6.07) is 12.4. The fourth-order valence-electron chi connectivity index (χ4n) is 2.43. The second kappa shape index (κ2) is 7.74. The van der Waals surface area contributed by atoms with Gasteiger partial charge < -0.3 is 14.2 Å². The third-order valence-electron chi connectivity index (χ3n) is 3.56. The van der Waals surface area contributed by atoms with Crippen molar-refractivity contribution in [3.8, 4) is 11.5 Å². The molecule has 0 radical (unpaired) electrons. The van der Waals surface area contributed by atoms with Gasteiger partial charge in [0.25, 0.3) is 0 Å². The van der Waals surface area contributed by atoms with Crippen molar-refractivity contribution in [2.24, 2.45) is 0 Å². The van der Waals surface area contributed by atoms with E-state index in [1.807, 2.05) is 24.3 Å². The van der Waals surface area contributed by atoms with E-state index in [1.165, 1.54) is 0 Å². The average Bonchev–Trinajstić information content (AvgIpc) is 2.90. The van der Waals surface area contributed by atoms with Crippen LogP contribution in [0.5, 0.6) is 11.5 Å². The molecule has 0 saturated heterocycles. The van der Waals surface area contributed by atoms with Gasteiger partial charge in [-0.3, -0.25) is 4.79 Å². The molecule has 0 N–H and O–H groups in total. The summed E-state index contributed by atoms with van der Waals surface area (Å²) in [5.74, 6) is 0.430. The fourth-order valence-corrected chi connectivity index (χ4v) is 2.83. The standard InChI is InChI=1S/C20H17BrO5/c1-12(2)25-19(22)11-24-14-7-8-15-17(10-14)26-18(20(15)23)9-13-5-3-4-6-16(13)21/h3-10,12H,11H2,1-2H3/b18-9-. The third-order valence-corrected chi connectivity index (χ3v) is 4.28. The lowest BCUT2D eigenvalue weighted by molar-refractivity contribution is -0.149. The fraction of sp³-hybridized carbons (Fsp3) is 0.200. The van der Waals surface area contributed by atoms with Crippen molar-refractivity contribution in [3.05, 3.63) is 63.8 Å². The Bertz CT molecular complexity index is 886. The van der Waals surface area contributed by atoms with E-state index in [1.54, 1.807) is 38.1 Å². The van der Waals surface area contributed by atoms with Crippen LogP contribution in [0.3, 0.4) is 0 Å². The first kappa shape index (κ1) is 18.2. The highest BCUT2D eigenvalue weighted by Gasteiger charge is 2.28. The zero-order chi connectivity index (χ0) is 18.7. The highest BCUT2D eigenvalue weighted by Crippen LogP contribution is 2.35. The van der Waals surface area contributed by atoms with Gasteiger partial charge >= 0.3 is 5.97 Å². The number of carbonyl (C=O) groups excluding carboxylic acids is 2. The minimum absolute atomic E-state index is 0.193. The Kier molecular flexibility index (Phi) is 5.42. The molecular weight excluding hydrogens is 400 g/mol. The van der Waals surface area contributed by atoms with Crippen LogP contribution < -0.4 is 9.47 Å². The van der Waals surface area contributed by atoms with Crippen LogP contribution in [-0.4, -0.2) is 24.5 Å². The Morgan fingerprint density at radius 1 is 1.23 bits per heavy atom. The van der Waals surface area contributed by atoms with Crippen molar-refractivity contribution in [3.63, 3.8) is 0 Å². The molecular formula is C20H17BrO5. The van der Waals surface area contributed by atoms with Crippen LogP contribution in [-0.2, 0) is 9.53 Å². The smallest absolute Gasteiger partial charge is 0.344 e. The highest BCUT2D eigenvalue weighted by atomic mass is 79.9. The first-order chi connectivity index (χ1) is 12.4. The molecule has 0 atom stereocenters. The SMILES string of the molecule is CC(C)OC(=O)COc1ccc2c(c1)O/C(=C\c1ccccc1Br)C2=O. The van der Waals surface area contributed by atoms with Crippen LogP contribution in [0.25, 0.3) is 6.08 Å². The number of benzene rings is 2. The number of halogens is 1. The molecule has 0 amide bonds. The molecule has 1 aliphatic rings. The molecule has 0 saturated carbocycles. The summed E-state index contributed by atoms with van der Waals surface area (Å²) >= 11 is 3.45. The molecule has 2 aromatic rings. The second-order valence-electron chi connectivity index (χ2n) is 5.95. The largest absolute Gasteiger partial charge is 0.482 e. The molecule has 0 aromatic heterocycles. The number of rotatable bonds is 5. The van der Waals surface area contributed by atoms with Crippen molar-refractivity contribution in [2.75, 3.05) is 6.61 Å². The molecule has 1 aliphatic heterocycles. The first-order valence-corrected chi connectivity index (χ1v) is 8.88. The monoisotopic (exact) mass is 416 g/mol. The molecule has 26 heavy (non-hydrogen) atoms. The van der Waals surface area contributed by atoms with E-state index in [-0.39, 0.29) is 24.3 Å². The zero-order valence-electron chi connectivity index (χ0n) is 14.3. The normalized spacial score (nSPS) is 14.3. The number of Topliss-reactive ketones (excluding diaryl/α,β-unsaturated/α-hetero) is 1. The summed E-state index contributed by atoms with van der Waals surface area (Å²) < 4.78 is 17.0. The lowest BCUT2D eigenvalue weighted by Crippen LogP contribution is -2.18. The number of esters is 1. The number of ketones is 1. The molecule has 0 unspecified atom stereocenters. The average molecular weight is 417 g/mol. The summed E-state index contributed by atoms with van der Waals surface area (Å²) in [6.45, 7) is 3.34. The van der Waals surface area contributed by atoms with Crippen LogP contribution in [0.2, 0.25) is 0 Å². The second-order valence-corrected chi connectivity index (χ2v) is 6.80. The first-order valence-electron chi connectivity index (χ1n) is 8.09. The maximum absolute atomic E-state index is 12.5. The Hall–Kier alpha value is -2.60. The van der Waals surface area contributed by atoms with E-state index in [2.05, 4.69) is 15.9 Å². The Labute approximate surface area is 159 Å². The van der Waals surface area contributed by atoms with Gasteiger partial charge in [0.05, 0.1) is 11.7 Å². The summed E-state index contributed by atoms with van der Waals surface area (Å²) in [5, 5.41) is 0. The lowest BCUT2D eigenvalue weighted by atomic mass is 10.1. The van der Waals surface area contributed by atoms with Gasteiger partial charge in [0, 0.05) is 10.5 Å². The molecule has 0 aliphatic carbocycles. The highest BCUT2D eigenvalue weighted by molar-refractivity contribution is 9.10. The van der Waals surface area contributed by atoms with Gasteiger partial charge in [-0.05, 0) is 43.7 Å². The van der Waals surface area contributed by atoms with E-state index in [0.29, 0.717) is 17.1 Å². The van der Waals surface area contributed by atoms with E-state index < -0.39 is 5.97 Å². The summed E-state index contributed by atoms with van der Waals surface area (Å²) in [6.07, 6.45) is 1.49. The van der Waals surface area contributed by atoms with Gasteiger partial charge in [-0.25, -0.2) is 4.79 Å². The van der Waals surface area contributed by atoms with Crippen molar-refractivity contribution >= 4 is 33.8 Å². The predicted molar refractivity (Wildman–Crippen MR) is 100 cm³/mol. The van der Waals surface area contributed by atoms with Gasteiger partial charge in [-0.15, -0.1) is 0 Å². The molecule has 6 heteroatoms. The maximum Gasteiger partial charge on any atom is 0.344 e. The van der Waals surface area contributed by atoms with Gasteiger partial charge in [-0.1, -0.05) is 34.1 Å². The summed E-state index contributed by atoms with van der Waals surface area (Å²) in [5.41, 5.74) is 1.30. The van der Waals surface area contributed by atoms with Crippen LogP contribution >= 0.6 is 15.9 Å². The number of fused-ring (bicyclic) bond motifs is 1. The zero-order valence-corrected chi connectivity index (χ0v) is 15.9. The number of hydrogen-bond donors (Lipinski definition) is 0. The van der Waals surface area contributed by atoms with Crippen molar-refractivity contribution in [2.45, 2.75) is 20.0 Å². The molecule has 5 nitrogen and oxygen atoms in total. The minimum atomic E-state index is -0.452. The van der Waals surface area contributed by atoms with Gasteiger partial charge in [0.15, 0.2) is 12.4 Å². The topological polar surface area (TPSA) is 61.8 Å². The Morgan fingerprint density at radius 3 is 2.73 bits per heavy atom. The van der Waals surface area contributed by atoms with E-state index in [9.17, 15) is 9.59 Å². The van der Waals surface area contributed by atoms with Crippen LogP contribution in [0.1, 0.15) is 29.8 Å². The number of ether oxygens (including phenoxy) is 3.